The fourth-order valence-corrected chi connectivity index (χ4v) is 4.31. The van der Waals surface area contributed by atoms with E-state index in [0.29, 0.717) is 24.5 Å². The molecule has 1 aliphatic heterocycles. The number of hydrogen-bond donors (Lipinski definition) is 2. The van der Waals surface area contributed by atoms with Gasteiger partial charge in [-0.2, -0.15) is 0 Å². The second-order valence-corrected chi connectivity index (χ2v) is 8.36. The van der Waals surface area contributed by atoms with E-state index in [2.05, 4.69) is 20.8 Å². The molecule has 3 amide bonds. The smallest absolute Gasteiger partial charge is 0.321 e. The summed E-state index contributed by atoms with van der Waals surface area (Å²) in [6, 6.07) is 12.5. The average Bonchev–Trinajstić information content (AvgIpc) is 3.32. The number of halogens is 1. The Bertz CT molecular complexity index is 1090. The number of rotatable bonds is 5. The lowest BCUT2D eigenvalue weighted by Crippen LogP contribution is -2.41. The van der Waals surface area contributed by atoms with Crippen LogP contribution in [0.4, 0.5) is 20.6 Å². The molecule has 0 saturated carbocycles. The Balaban J connectivity index is 1.36. The molecule has 1 aliphatic rings. The van der Waals surface area contributed by atoms with Gasteiger partial charge in [-0.05, 0) is 61.4 Å². The van der Waals surface area contributed by atoms with Crippen LogP contribution in [0.3, 0.4) is 0 Å². The maximum absolute atomic E-state index is 13.0. The van der Waals surface area contributed by atoms with Crippen molar-refractivity contribution in [1.82, 2.24) is 15.1 Å². The minimum absolute atomic E-state index is 0.00948. The van der Waals surface area contributed by atoms with Crippen molar-refractivity contribution < 1.29 is 18.7 Å². The van der Waals surface area contributed by atoms with Gasteiger partial charge in [-0.1, -0.05) is 11.3 Å². The van der Waals surface area contributed by atoms with Crippen LogP contribution in [0.25, 0.3) is 0 Å². The molecule has 0 bridgehead atoms. The zero-order valence-corrected chi connectivity index (χ0v) is 18.2. The Morgan fingerprint density at radius 3 is 2.47 bits per heavy atom. The third-order valence-electron chi connectivity index (χ3n) is 5.14. The Kier molecular flexibility index (Phi) is 6.60. The lowest BCUT2D eigenvalue weighted by atomic mass is 9.99. The quantitative estimate of drug-likeness (QED) is 0.596. The molecule has 2 aromatic carbocycles. The summed E-state index contributed by atoms with van der Waals surface area (Å²) in [6.45, 7) is 1.14. The number of nitrogens with zero attached hydrogens (tertiary/aromatic N) is 3. The lowest BCUT2D eigenvalue weighted by molar-refractivity contribution is 0.102. The molecule has 0 radical (unpaired) electrons. The van der Waals surface area contributed by atoms with Crippen LogP contribution in [-0.4, -0.2) is 47.2 Å². The summed E-state index contributed by atoms with van der Waals surface area (Å²) >= 11 is 1.21. The van der Waals surface area contributed by atoms with Gasteiger partial charge in [0.1, 0.15) is 16.6 Å². The molecule has 1 saturated heterocycles. The van der Waals surface area contributed by atoms with Gasteiger partial charge in [0.15, 0.2) is 0 Å². The fraction of sp³-hybridized carbons (Fsp3) is 0.273. The lowest BCUT2D eigenvalue weighted by Gasteiger charge is -2.31. The van der Waals surface area contributed by atoms with Crippen LogP contribution in [0.1, 0.15) is 33.6 Å². The highest BCUT2D eigenvalue weighted by atomic mass is 32.1. The number of aromatic nitrogens is 2. The van der Waals surface area contributed by atoms with Crippen molar-refractivity contribution in [3.05, 3.63) is 64.4 Å². The number of amides is 3. The number of hydrogen-bond acceptors (Lipinski definition) is 6. The predicted octanol–water partition coefficient (Wildman–Crippen LogP) is 4.35. The van der Waals surface area contributed by atoms with Crippen LogP contribution in [-0.2, 0) is 0 Å². The second-order valence-electron chi connectivity index (χ2n) is 7.35. The van der Waals surface area contributed by atoms with Crippen molar-refractivity contribution in [2.45, 2.75) is 18.8 Å². The molecule has 2 N–H and O–H groups in total. The number of nitrogens with one attached hydrogen (secondary N) is 2. The summed E-state index contributed by atoms with van der Waals surface area (Å²) in [5.74, 6) is -0.0452. The molecular weight excluding hydrogens is 433 g/mol. The van der Waals surface area contributed by atoms with Crippen LogP contribution in [0, 0.1) is 5.82 Å². The molecule has 2 heterocycles. The van der Waals surface area contributed by atoms with Crippen molar-refractivity contribution in [2.24, 2.45) is 0 Å². The SMILES string of the molecule is COc1ccc(NC(=O)N2CCCC(c3nnc(C(=O)Nc4ccc(F)cc4)s3)C2)cc1. The minimum atomic E-state index is -0.398. The van der Waals surface area contributed by atoms with Gasteiger partial charge in [0.2, 0.25) is 5.01 Å². The summed E-state index contributed by atoms with van der Waals surface area (Å²) in [5, 5.41) is 14.7. The molecule has 32 heavy (non-hydrogen) atoms. The second kappa shape index (κ2) is 9.73. The zero-order valence-electron chi connectivity index (χ0n) is 17.4. The van der Waals surface area contributed by atoms with E-state index in [1.807, 2.05) is 0 Å². The molecule has 1 unspecified atom stereocenters. The van der Waals surface area contributed by atoms with Crippen molar-refractivity contribution >= 4 is 34.6 Å². The maximum atomic E-state index is 13.0. The Morgan fingerprint density at radius 2 is 1.75 bits per heavy atom. The average molecular weight is 456 g/mol. The van der Waals surface area contributed by atoms with Gasteiger partial charge in [0.25, 0.3) is 5.91 Å². The van der Waals surface area contributed by atoms with Crippen molar-refractivity contribution in [2.75, 3.05) is 30.8 Å². The maximum Gasteiger partial charge on any atom is 0.321 e. The van der Waals surface area contributed by atoms with Crippen LogP contribution < -0.4 is 15.4 Å². The Morgan fingerprint density at radius 1 is 1.06 bits per heavy atom. The van der Waals surface area contributed by atoms with Crippen LogP contribution >= 0.6 is 11.3 Å². The monoisotopic (exact) mass is 455 g/mol. The number of benzene rings is 2. The molecule has 4 rings (SSSR count). The van der Waals surface area contributed by atoms with E-state index in [-0.39, 0.29) is 22.8 Å². The highest BCUT2D eigenvalue weighted by Crippen LogP contribution is 2.30. The van der Waals surface area contributed by atoms with Crippen molar-refractivity contribution in [3.8, 4) is 5.75 Å². The first-order valence-electron chi connectivity index (χ1n) is 10.1. The fourth-order valence-electron chi connectivity index (χ4n) is 3.45. The standard InChI is InChI=1S/C22H22FN5O3S/c1-31-18-10-8-17(9-11-18)25-22(30)28-12-2-3-14(13-28)20-26-27-21(32-20)19(29)24-16-6-4-15(23)5-7-16/h4-11,14H,2-3,12-13H2,1H3,(H,24,29)(H,25,30). The molecule has 10 heteroatoms. The number of likely N-dealkylation sites (tertiary alicyclic amines) is 1. The highest BCUT2D eigenvalue weighted by Gasteiger charge is 2.28. The predicted molar refractivity (Wildman–Crippen MR) is 120 cm³/mol. The first kappa shape index (κ1) is 21.7. The number of piperidine rings is 1. The minimum Gasteiger partial charge on any atom is -0.497 e. The van der Waals surface area contributed by atoms with E-state index in [9.17, 15) is 14.0 Å². The van der Waals surface area contributed by atoms with E-state index in [0.717, 1.165) is 23.6 Å². The Hall–Kier alpha value is -3.53. The van der Waals surface area contributed by atoms with Gasteiger partial charge in [0, 0.05) is 30.4 Å². The molecule has 1 aromatic heterocycles. The van der Waals surface area contributed by atoms with Gasteiger partial charge in [-0.25, -0.2) is 9.18 Å². The molecule has 1 fully saturated rings. The summed E-state index contributed by atoms with van der Waals surface area (Å²) in [7, 11) is 1.59. The molecule has 166 valence electrons. The summed E-state index contributed by atoms with van der Waals surface area (Å²) in [6.07, 6.45) is 1.69. The number of carbonyl (C=O) groups excluding carboxylic acids is 2. The third-order valence-corrected chi connectivity index (χ3v) is 6.22. The molecule has 8 nitrogen and oxygen atoms in total. The first-order valence-corrected chi connectivity index (χ1v) is 10.9. The van der Waals surface area contributed by atoms with Gasteiger partial charge >= 0.3 is 6.03 Å². The normalized spacial score (nSPS) is 15.8. The van der Waals surface area contributed by atoms with Crippen LogP contribution in [0.5, 0.6) is 5.75 Å². The largest absolute Gasteiger partial charge is 0.497 e. The third kappa shape index (κ3) is 5.20. The van der Waals surface area contributed by atoms with E-state index >= 15 is 0 Å². The van der Waals surface area contributed by atoms with Crippen molar-refractivity contribution in [1.29, 1.82) is 0 Å². The molecular formula is C22H22FN5O3S. The number of methoxy groups -OCH3 is 1. The number of urea groups is 1. The molecule has 3 aromatic rings. The Labute approximate surface area is 188 Å². The topological polar surface area (TPSA) is 96.4 Å². The van der Waals surface area contributed by atoms with E-state index in [1.54, 1.807) is 36.3 Å². The van der Waals surface area contributed by atoms with Crippen LogP contribution in [0.15, 0.2) is 48.5 Å². The van der Waals surface area contributed by atoms with Crippen LogP contribution in [0.2, 0.25) is 0 Å². The van der Waals surface area contributed by atoms with E-state index in [4.69, 9.17) is 4.74 Å². The van der Waals surface area contributed by atoms with E-state index in [1.165, 1.54) is 35.6 Å². The summed E-state index contributed by atoms with van der Waals surface area (Å²) in [5.41, 5.74) is 1.17. The molecule has 1 atom stereocenters. The van der Waals surface area contributed by atoms with E-state index < -0.39 is 5.91 Å². The summed E-state index contributed by atoms with van der Waals surface area (Å²) < 4.78 is 18.2. The number of ether oxygens (including phenoxy) is 1. The van der Waals surface area contributed by atoms with Gasteiger partial charge in [0.05, 0.1) is 7.11 Å². The molecule has 0 aliphatic carbocycles. The number of carbonyl (C=O) groups is 2. The van der Waals surface area contributed by atoms with Gasteiger partial charge in [-0.3, -0.25) is 4.79 Å². The van der Waals surface area contributed by atoms with Gasteiger partial charge in [-0.15, -0.1) is 10.2 Å². The molecule has 0 spiro atoms. The number of anilines is 2. The first-order chi connectivity index (χ1) is 15.5. The van der Waals surface area contributed by atoms with Crippen molar-refractivity contribution in [3.63, 3.8) is 0 Å². The summed E-state index contributed by atoms with van der Waals surface area (Å²) in [4.78, 5) is 26.9. The van der Waals surface area contributed by atoms with Gasteiger partial charge < -0.3 is 20.3 Å². The zero-order chi connectivity index (χ0) is 22.5. The highest BCUT2D eigenvalue weighted by molar-refractivity contribution is 7.13.